The van der Waals surface area contributed by atoms with Crippen molar-refractivity contribution < 1.29 is 4.74 Å². The molecule has 69 heavy (non-hydrogen) atoms. The van der Waals surface area contributed by atoms with E-state index in [1.165, 1.54) is 117 Å². The minimum absolute atomic E-state index is 0.000333. The summed E-state index contributed by atoms with van der Waals surface area (Å²) in [5, 5.41) is 2.30. The van der Waals surface area contributed by atoms with E-state index in [1.807, 2.05) is 0 Å². The zero-order chi connectivity index (χ0) is 46.6. The summed E-state index contributed by atoms with van der Waals surface area (Å²) in [4.78, 5) is 0. The second kappa shape index (κ2) is 13.9. The van der Waals surface area contributed by atoms with Gasteiger partial charge in [0.2, 0.25) is 0 Å². The molecule has 10 aromatic rings. The highest BCUT2D eigenvalue weighted by Gasteiger charge is 2.53. The highest BCUT2D eigenvalue weighted by Crippen LogP contribution is 2.65. The Morgan fingerprint density at radius 3 is 1.25 bits per heavy atom. The molecular weight excluding hydrogens is 833 g/mol. The molecule has 0 amide bonds. The topological polar surface area (TPSA) is 9.23 Å². The summed E-state index contributed by atoms with van der Waals surface area (Å²) < 4.78 is 7.06. The molecule has 0 bridgehead atoms. The van der Waals surface area contributed by atoms with Crippen LogP contribution in [0, 0.1) is 0 Å². The maximum absolute atomic E-state index is 7.06. The van der Waals surface area contributed by atoms with Crippen molar-refractivity contribution in [2.45, 2.75) is 63.2 Å². The van der Waals surface area contributed by atoms with Crippen LogP contribution in [0.5, 0.6) is 11.5 Å². The van der Waals surface area contributed by atoms with E-state index in [1.54, 1.807) is 0 Å². The van der Waals surface area contributed by atoms with Gasteiger partial charge < -0.3 is 4.74 Å². The first-order valence-electron chi connectivity index (χ1n) is 24.7. The molecule has 0 aromatic heterocycles. The number of hydrogen-bond acceptors (Lipinski definition) is 1. The quantitative estimate of drug-likeness (QED) is 0.168. The minimum Gasteiger partial charge on any atom is -0.456 e. The third kappa shape index (κ3) is 5.31. The summed E-state index contributed by atoms with van der Waals surface area (Å²) in [6, 6.07) is 78.4. The fourth-order valence-electron chi connectivity index (χ4n) is 13.1. The van der Waals surface area contributed by atoms with Gasteiger partial charge in [0.15, 0.2) is 0 Å². The monoisotopic (exact) mass is 884 g/mol. The lowest BCUT2D eigenvalue weighted by Crippen LogP contribution is -2.32. The molecule has 4 aliphatic rings. The molecule has 1 heteroatoms. The maximum Gasteiger partial charge on any atom is 0.140 e. The van der Waals surface area contributed by atoms with Gasteiger partial charge in [-0.15, -0.1) is 0 Å². The predicted octanol–water partition coefficient (Wildman–Crippen LogP) is 17.6. The van der Waals surface area contributed by atoms with E-state index in [0.717, 1.165) is 16.9 Å². The number of para-hydroxylation sites is 1. The van der Waals surface area contributed by atoms with Crippen LogP contribution in [-0.4, -0.2) is 0 Å². The minimum atomic E-state index is -0.549. The number of fused-ring (bicyclic) bond motifs is 21. The summed E-state index contributed by atoms with van der Waals surface area (Å²) in [5.41, 5.74) is 24.9. The van der Waals surface area contributed by atoms with Gasteiger partial charge in [0.25, 0.3) is 0 Å². The fraction of sp³-hybridized carbons (Fsp3) is 0.147. The Kier molecular flexibility index (Phi) is 8.14. The Balaban J connectivity index is 0.960. The Morgan fingerprint density at radius 1 is 0.290 bits per heavy atom. The number of hydrogen-bond donors (Lipinski definition) is 0. The van der Waals surface area contributed by atoms with Crippen LogP contribution in [0.15, 0.2) is 206 Å². The van der Waals surface area contributed by atoms with Crippen molar-refractivity contribution in [1.82, 2.24) is 0 Å². The van der Waals surface area contributed by atoms with Crippen molar-refractivity contribution in [1.29, 1.82) is 0 Å². The second-order valence-corrected chi connectivity index (χ2v) is 21.9. The predicted molar refractivity (Wildman–Crippen MR) is 286 cm³/mol. The summed E-state index contributed by atoms with van der Waals surface area (Å²) in [6.45, 7) is 14.0. The molecular formula is C68H52O. The highest BCUT2D eigenvalue weighted by atomic mass is 16.5. The van der Waals surface area contributed by atoms with E-state index < -0.39 is 10.8 Å². The SMILES string of the molecule is CC(C)(C)c1ccc2c(c1)C1(c3ccccc3-c3ccc(-c4ccc(-c5cc6c(c7ccccc57)Oc5ccccc5C65c6ccccc6-c6ccccc65)cc4)cc31)c1cc(C(C)(C)C)ccc1-2. The molecule has 0 saturated heterocycles. The van der Waals surface area contributed by atoms with Gasteiger partial charge >= 0.3 is 0 Å². The molecule has 2 spiro atoms. The van der Waals surface area contributed by atoms with Crippen molar-refractivity contribution >= 4 is 10.8 Å². The molecule has 1 nitrogen and oxygen atoms in total. The Morgan fingerprint density at radius 2 is 0.696 bits per heavy atom. The third-order valence-corrected chi connectivity index (χ3v) is 16.3. The first kappa shape index (κ1) is 40.3. The van der Waals surface area contributed by atoms with Crippen LogP contribution in [0.3, 0.4) is 0 Å². The molecule has 1 heterocycles. The maximum atomic E-state index is 7.06. The molecule has 10 aromatic carbocycles. The molecule has 0 N–H and O–H groups in total. The van der Waals surface area contributed by atoms with E-state index in [2.05, 4.69) is 248 Å². The summed E-state index contributed by atoms with van der Waals surface area (Å²) in [7, 11) is 0. The van der Waals surface area contributed by atoms with Crippen LogP contribution < -0.4 is 4.74 Å². The van der Waals surface area contributed by atoms with Gasteiger partial charge in [0.1, 0.15) is 11.5 Å². The van der Waals surface area contributed by atoms with Gasteiger partial charge in [-0.25, -0.2) is 0 Å². The molecule has 0 atom stereocenters. The van der Waals surface area contributed by atoms with Gasteiger partial charge in [0.05, 0.1) is 10.8 Å². The first-order chi connectivity index (χ1) is 33.5. The van der Waals surface area contributed by atoms with Crippen LogP contribution >= 0.6 is 0 Å². The molecule has 14 rings (SSSR count). The van der Waals surface area contributed by atoms with E-state index in [9.17, 15) is 0 Å². The average molecular weight is 885 g/mol. The van der Waals surface area contributed by atoms with E-state index in [-0.39, 0.29) is 10.8 Å². The second-order valence-electron chi connectivity index (χ2n) is 21.9. The van der Waals surface area contributed by atoms with Crippen molar-refractivity contribution in [2.75, 3.05) is 0 Å². The Bertz CT molecular complexity index is 3720. The lowest BCUT2D eigenvalue weighted by molar-refractivity contribution is 0.442. The zero-order valence-electron chi connectivity index (χ0n) is 40.0. The van der Waals surface area contributed by atoms with Crippen LogP contribution in [0.4, 0.5) is 0 Å². The highest BCUT2D eigenvalue weighted by molar-refractivity contribution is 6.04. The number of ether oxygens (including phenoxy) is 1. The molecule has 0 unspecified atom stereocenters. The molecule has 0 fully saturated rings. The van der Waals surface area contributed by atoms with Crippen LogP contribution in [-0.2, 0) is 21.7 Å². The third-order valence-electron chi connectivity index (χ3n) is 16.3. The lowest BCUT2D eigenvalue weighted by Gasteiger charge is -2.40. The van der Waals surface area contributed by atoms with Crippen LogP contribution in [0.2, 0.25) is 0 Å². The Labute approximate surface area is 405 Å². The molecule has 330 valence electrons. The molecule has 0 radical (unpaired) electrons. The smallest absolute Gasteiger partial charge is 0.140 e. The first-order valence-corrected chi connectivity index (χ1v) is 24.7. The van der Waals surface area contributed by atoms with Gasteiger partial charge in [-0.1, -0.05) is 230 Å². The zero-order valence-corrected chi connectivity index (χ0v) is 40.0. The van der Waals surface area contributed by atoms with Gasteiger partial charge in [0, 0.05) is 16.5 Å². The van der Waals surface area contributed by atoms with Crippen molar-refractivity contribution in [3.8, 4) is 67.1 Å². The van der Waals surface area contributed by atoms with Crippen molar-refractivity contribution in [3.05, 3.63) is 262 Å². The van der Waals surface area contributed by atoms with Crippen molar-refractivity contribution in [2.24, 2.45) is 0 Å². The van der Waals surface area contributed by atoms with E-state index in [0.29, 0.717) is 0 Å². The van der Waals surface area contributed by atoms with Crippen molar-refractivity contribution in [3.63, 3.8) is 0 Å². The van der Waals surface area contributed by atoms with Gasteiger partial charge in [-0.05, 0) is 135 Å². The largest absolute Gasteiger partial charge is 0.456 e. The lowest BCUT2D eigenvalue weighted by atomic mass is 9.65. The number of benzene rings is 10. The van der Waals surface area contributed by atoms with Crippen LogP contribution in [0.1, 0.15) is 97.2 Å². The average Bonchev–Trinajstić information content (AvgIpc) is 3.95. The summed E-state index contributed by atoms with van der Waals surface area (Å²) in [5.74, 6) is 1.84. The van der Waals surface area contributed by atoms with Gasteiger partial charge in [-0.2, -0.15) is 0 Å². The molecule has 1 aliphatic heterocycles. The summed E-state index contributed by atoms with van der Waals surface area (Å²) in [6.07, 6.45) is 0. The van der Waals surface area contributed by atoms with Gasteiger partial charge in [-0.3, -0.25) is 0 Å². The fourth-order valence-corrected chi connectivity index (χ4v) is 13.1. The summed E-state index contributed by atoms with van der Waals surface area (Å²) >= 11 is 0. The van der Waals surface area contributed by atoms with Crippen LogP contribution in [0.25, 0.3) is 66.4 Å². The molecule has 3 aliphatic carbocycles. The number of rotatable bonds is 2. The molecule has 0 saturated carbocycles. The van der Waals surface area contributed by atoms with E-state index in [4.69, 9.17) is 4.74 Å². The standard InChI is InChI=1S/C68H52O/c1-65(2,3)44-32-35-51-52-36-33-45(66(4,5)6)39-61(52)68(60(51)38-44)57-24-14-11-20-49(57)50-34-31-43(37-59(50)68)41-27-29-42(30-28-41)54-40-62-64(53-21-8-7-17-46(53)54)69-63-26-16-15-25-58(63)67(62)55-22-12-9-18-47(55)48-19-10-13-23-56(48)67/h7-40H,1-6H3. The Hall–Kier alpha value is -7.74. The normalized spacial score (nSPS) is 14.9. The van der Waals surface area contributed by atoms with E-state index >= 15 is 0 Å².